The first-order valence-corrected chi connectivity index (χ1v) is 8.04. The van der Waals surface area contributed by atoms with Crippen molar-refractivity contribution in [2.75, 3.05) is 18.0 Å². The maximum absolute atomic E-state index is 10.9. The summed E-state index contributed by atoms with van der Waals surface area (Å²) >= 11 is 5.91. The van der Waals surface area contributed by atoms with E-state index in [1.807, 2.05) is 29.2 Å². The Labute approximate surface area is 134 Å². The van der Waals surface area contributed by atoms with Gasteiger partial charge in [-0.2, -0.15) is 0 Å². The highest BCUT2D eigenvalue weighted by atomic mass is 35.5. The van der Waals surface area contributed by atoms with Crippen LogP contribution in [0.15, 0.2) is 28.7 Å². The quantitative estimate of drug-likeness (QED) is 0.937. The van der Waals surface area contributed by atoms with Crippen LogP contribution in [0.25, 0.3) is 0 Å². The number of nitrogens with zero attached hydrogens (tertiary/aromatic N) is 3. The predicted molar refractivity (Wildman–Crippen MR) is 85.1 cm³/mol. The minimum absolute atomic E-state index is 0.557. The molecule has 1 aromatic heterocycles. The number of piperidine rings is 1. The lowest BCUT2D eigenvalue weighted by Crippen LogP contribution is -2.42. The summed E-state index contributed by atoms with van der Waals surface area (Å²) in [6.07, 6.45) is 3.04. The molecule has 0 atom stereocenters. The molecule has 3 rings (SSSR count). The van der Waals surface area contributed by atoms with Gasteiger partial charge in [0.2, 0.25) is 5.89 Å². The molecule has 118 valence electrons. The highest BCUT2D eigenvalue weighted by Gasteiger charge is 2.35. The van der Waals surface area contributed by atoms with E-state index >= 15 is 0 Å². The Morgan fingerprint density at radius 3 is 2.55 bits per heavy atom. The Bertz CT molecular complexity index is 619. The van der Waals surface area contributed by atoms with Crippen molar-refractivity contribution in [3.05, 3.63) is 40.7 Å². The van der Waals surface area contributed by atoms with E-state index in [4.69, 9.17) is 16.0 Å². The first-order chi connectivity index (χ1) is 10.6. The molecule has 1 N–H and O–H groups in total. The van der Waals surface area contributed by atoms with E-state index in [1.165, 1.54) is 0 Å². The van der Waals surface area contributed by atoms with Crippen molar-refractivity contribution in [3.63, 3.8) is 0 Å². The second-order valence-electron chi connectivity index (χ2n) is 5.75. The van der Waals surface area contributed by atoms with Crippen LogP contribution >= 0.6 is 11.6 Å². The number of anilines is 1. The zero-order valence-corrected chi connectivity index (χ0v) is 13.4. The van der Waals surface area contributed by atoms with Crippen LogP contribution in [0.3, 0.4) is 0 Å². The molecule has 2 heterocycles. The molecule has 0 radical (unpaired) electrons. The van der Waals surface area contributed by atoms with E-state index in [0.717, 1.165) is 18.4 Å². The number of halogens is 1. The van der Waals surface area contributed by atoms with Crippen molar-refractivity contribution in [1.29, 1.82) is 0 Å². The third-order valence-electron chi connectivity index (χ3n) is 4.16. The monoisotopic (exact) mass is 321 g/mol. The van der Waals surface area contributed by atoms with Gasteiger partial charge in [-0.3, -0.25) is 0 Å². The van der Waals surface area contributed by atoms with Gasteiger partial charge in [-0.25, -0.2) is 0 Å². The van der Waals surface area contributed by atoms with Crippen molar-refractivity contribution in [2.24, 2.45) is 0 Å². The minimum Gasteiger partial charge on any atom is -0.408 e. The van der Waals surface area contributed by atoms with Crippen LogP contribution < -0.4 is 4.90 Å². The highest BCUT2D eigenvalue weighted by molar-refractivity contribution is 6.30. The first kappa shape index (κ1) is 15.3. The molecule has 0 amide bonds. The number of hydrogen-bond donors (Lipinski definition) is 1. The predicted octanol–water partition coefficient (Wildman–Crippen LogP) is 3.16. The fraction of sp³-hybridized carbons (Fsp3) is 0.500. The van der Waals surface area contributed by atoms with Gasteiger partial charge in [0.05, 0.1) is 5.60 Å². The van der Waals surface area contributed by atoms with E-state index in [9.17, 15) is 5.11 Å². The van der Waals surface area contributed by atoms with E-state index in [0.29, 0.717) is 42.9 Å². The fourth-order valence-electron chi connectivity index (χ4n) is 2.80. The van der Waals surface area contributed by atoms with Gasteiger partial charge in [0.15, 0.2) is 0 Å². The van der Waals surface area contributed by atoms with Crippen molar-refractivity contribution in [3.8, 4) is 0 Å². The summed E-state index contributed by atoms with van der Waals surface area (Å²) in [5.74, 6) is 0.677. The Balaban J connectivity index is 1.67. The van der Waals surface area contributed by atoms with Gasteiger partial charge >= 0.3 is 6.01 Å². The summed E-state index contributed by atoms with van der Waals surface area (Å²) in [4.78, 5) is 2.04. The van der Waals surface area contributed by atoms with Gasteiger partial charge in [0.25, 0.3) is 0 Å². The second kappa shape index (κ2) is 6.26. The van der Waals surface area contributed by atoms with Gasteiger partial charge in [0, 0.05) is 24.5 Å². The molecule has 1 aliphatic rings. The largest absolute Gasteiger partial charge is 0.408 e. The van der Waals surface area contributed by atoms with Gasteiger partial charge < -0.3 is 14.4 Å². The number of hydrogen-bond acceptors (Lipinski definition) is 5. The minimum atomic E-state index is -0.812. The number of aryl methyl sites for hydroxylation is 1. The van der Waals surface area contributed by atoms with Crippen LogP contribution in [0, 0.1) is 0 Å². The van der Waals surface area contributed by atoms with Crippen LogP contribution in [0.1, 0.15) is 37.6 Å². The van der Waals surface area contributed by atoms with Gasteiger partial charge in [-0.05, 0) is 37.0 Å². The van der Waals surface area contributed by atoms with Crippen LogP contribution in [-0.4, -0.2) is 28.4 Å². The fourth-order valence-corrected chi connectivity index (χ4v) is 2.93. The van der Waals surface area contributed by atoms with Gasteiger partial charge in [-0.1, -0.05) is 35.8 Å². The molecule has 22 heavy (non-hydrogen) atoms. The summed E-state index contributed by atoms with van der Waals surface area (Å²) in [7, 11) is 0. The van der Waals surface area contributed by atoms with E-state index in [2.05, 4.69) is 17.1 Å². The lowest BCUT2D eigenvalue weighted by atomic mass is 9.84. The van der Waals surface area contributed by atoms with Crippen molar-refractivity contribution in [1.82, 2.24) is 10.2 Å². The molecule has 0 aliphatic carbocycles. The maximum Gasteiger partial charge on any atom is 0.318 e. The third-order valence-corrected chi connectivity index (χ3v) is 4.41. The third kappa shape index (κ3) is 3.10. The Hall–Kier alpha value is -1.59. The van der Waals surface area contributed by atoms with Crippen molar-refractivity contribution < 1.29 is 9.52 Å². The van der Waals surface area contributed by atoms with Gasteiger partial charge in [0.1, 0.15) is 0 Å². The Morgan fingerprint density at radius 1 is 1.23 bits per heavy atom. The molecule has 1 aromatic carbocycles. The summed E-state index contributed by atoms with van der Waals surface area (Å²) < 4.78 is 5.66. The molecule has 5 nitrogen and oxygen atoms in total. The molecule has 1 fully saturated rings. The van der Waals surface area contributed by atoms with Crippen molar-refractivity contribution >= 4 is 17.6 Å². The Morgan fingerprint density at radius 2 is 1.91 bits per heavy atom. The van der Waals surface area contributed by atoms with E-state index in [-0.39, 0.29) is 0 Å². The summed E-state index contributed by atoms with van der Waals surface area (Å²) in [6.45, 7) is 3.46. The standard InChI is InChI=1S/C16H20ClN3O2/c1-2-3-14-18-19-15(22-14)20-10-8-16(21,9-11-20)12-4-6-13(17)7-5-12/h4-7,21H,2-3,8-11H2,1H3. The van der Waals surface area contributed by atoms with E-state index < -0.39 is 5.60 Å². The highest BCUT2D eigenvalue weighted by Crippen LogP contribution is 2.34. The lowest BCUT2D eigenvalue weighted by Gasteiger charge is -2.37. The second-order valence-corrected chi connectivity index (χ2v) is 6.19. The molecular weight excluding hydrogens is 302 g/mol. The van der Waals surface area contributed by atoms with Gasteiger partial charge in [-0.15, -0.1) is 5.10 Å². The number of rotatable bonds is 4. The average Bonchev–Trinajstić information content (AvgIpc) is 2.97. The van der Waals surface area contributed by atoms with Crippen LogP contribution in [0.2, 0.25) is 5.02 Å². The van der Waals surface area contributed by atoms with Crippen LogP contribution in [0.4, 0.5) is 6.01 Å². The number of benzene rings is 1. The summed E-state index contributed by atoms with van der Waals surface area (Å²) in [6, 6.07) is 7.97. The molecule has 2 aromatic rings. The molecule has 1 aliphatic heterocycles. The average molecular weight is 322 g/mol. The summed E-state index contributed by atoms with van der Waals surface area (Å²) in [5.41, 5.74) is 0.0987. The zero-order chi connectivity index (χ0) is 15.6. The Kier molecular flexibility index (Phi) is 4.36. The molecule has 6 heteroatoms. The van der Waals surface area contributed by atoms with Crippen LogP contribution in [-0.2, 0) is 12.0 Å². The van der Waals surface area contributed by atoms with E-state index in [1.54, 1.807) is 0 Å². The molecule has 0 spiro atoms. The summed E-state index contributed by atoms with van der Waals surface area (Å²) in [5, 5.41) is 19.7. The molecule has 0 saturated carbocycles. The molecule has 0 unspecified atom stereocenters. The molecule has 0 bridgehead atoms. The smallest absolute Gasteiger partial charge is 0.318 e. The normalized spacial score (nSPS) is 17.7. The van der Waals surface area contributed by atoms with Crippen LogP contribution in [0.5, 0.6) is 0 Å². The lowest BCUT2D eigenvalue weighted by molar-refractivity contribution is 0.0110. The zero-order valence-electron chi connectivity index (χ0n) is 12.6. The topological polar surface area (TPSA) is 62.4 Å². The number of aliphatic hydroxyl groups is 1. The maximum atomic E-state index is 10.9. The molecule has 1 saturated heterocycles. The SMILES string of the molecule is CCCc1nnc(N2CCC(O)(c3ccc(Cl)cc3)CC2)o1. The first-order valence-electron chi connectivity index (χ1n) is 7.66. The molecular formula is C16H20ClN3O2. The number of aromatic nitrogens is 2. The van der Waals surface area contributed by atoms with Crippen molar-refractivity contribution in [2.45, 2.75) is 38.2 Å².